The Hall–Kier alpha value is -4.17. The normalized spacial score (nSPS) is 11.4. The zero-order chi connectivity index (χ0) is 24.4. The summed E-state index contributed by atoms with van der Waals surface area (Å²) < 4.78 is 1.99. The quantitative estimate of drug-likeness (QED) is 0.267. The first-order valence-electron chi connectivity index (χ1n) is 12.0. The molecule has 0 aliphatic heterocycles. The van der Waals surface area contributed by atoms with Gasteiger partial charge in [0.1, 0.15) is 0 Å². The van der Waals surface area contributed by atoms with Crippen molar-refractivity contribution in [2.75, 3.05) is 0 Å². The van der Waals surface area contributed by atoms with Gasteiger partial charge in [-0.15, -0.1) is 0 Å². The van der Waals surface area contributed by atoms with Crippen molar-refractivity contribution in [1.82, 2.24) is 4.57 Å². The summed E-state index contributed by atoms with van der Waals surface area (Å²) in [5, 5.41) is 0. The van der Waals surface area contributed by atoms with Crippen molar-refractivity contribution >= 4 is 0 Å². The van der Waals surface area contributed by atoms with E-state index >= 15 is 0 Å². The highest BCUT2D eigenvalue weighted by Crippen LogP contribution is 2.45. The number of nitrogens with zero attached hydrogens (tertiary/aromatic N) is 1. The van der Waals surface area contributed by atoms with Crippen molar-refractivity contribution in [2.24, 2.45) is 0 Å². The summed E-state index contributed by atoms with van der Waals surface area (Å²) in [7, 11) is 0. The van der Waals surface area contributed by atoms with Crippen molar-refractivity contribution in [3.05, 3.63) is 132 Å². The zero-order valence-electron chi connectivity index (χ0n) is 20.4. The molecule has 0 fully saturated rings. The van der Waals surface area contributed by atoms with E-state index < -0.39 is 5.54 Å². The van der Waals surface area contributed by atoms with Crippen LogP contribution < -0.4 is 5.56 Å². The minimum absolute atomic E-state index is 0.0149. The van der Waals surface area contributed by atoms with E-state index in [1.165, 1.54) is 0 Å². The monoisotopic (exact) mass is 455 g/mol. The van der Waals surface area contributed by atoms with Crippen LogP contribution in [0.25, 0.3) is 44.6 Å². The molecule has 1 heterocycles. The van der Waals surface area contributed by atoms with Crippen molar-refractivity contribution < 1.29 is 0 Å². The SMILES string of the molecule is CC(C)(C)n1c(-c2ccccc2)c(-c2ccccc2)c(-c2ccccc2)c(-c2ccccc2)c1=O. The Morgan fingerprint density at radius 3 is 1.20 bits per heavy atom. The molecule has 4 aromatic carbocycles. The molecule has 35 heavy (non-hydrogen) atoms. The van der Waals surface area contributed by atoms with E-state index in [2.05, 4.69) is 69.3 Å². The zero-order valence-corrected chi connectivity index (χ0v) is 20.4. The molecule has 0 aliphatic rings. The third-order valence-electron chi connectivity index (χ3n) is 6.28. The molecule has 0 spiro atoms. The maximum atomic E-state index is 14.6. The van der Waals surface area contributed by atoms with Crippen molar-refractivity contribution in [3.8, 4) is 44.6 Å². The van der Waals surface area contributed by atoms with Gasteiger partial charge in [-0.1, -0.05) is 121 Å². The molecular formula is C33H29NO. The average Bonchev–Trinajstić information content (AvgIpc) is 2.89. The smallest absolute Gasteiger partial charge is 0.260 e. The van der Waals surface area contributed by atoms with Crippen LogP contribution in [0.1, 0.15) is 20.8 Å². The molecule has 2 nitrogen and oxygen atoms in total. The van der Waals surface area contributed by atoms with Gasteiger partial charge in [0.25, 0.3) is 5.56 Å². The molecule has 2 heteroatoms. The lowest BCUT2D eigenvalue weighted by Crippen LogP contribution is -2.36. The van der Waals surface area contributed by atoms with Crippen molar-refractivity contribution in [2.45, 2.75) is 26.3 Å². The van der Waals surface area contributed by atoms with Crippen LogP contribution in [0, 0.1) is 0 Å². The molecule has 0 aliphatic carbocycles. The molecule has 0 amide bonds. The molecule has 0 saturated carbocycles. The molecule has 0 bridgehead atoms. The number of rotatable bonds is 4. The second-order valence-corrected chi connectivity index (χ2v) is 9.75. The van der Waals surface area contributed by atoms with E-state index in [0.29, 0.717) is 0 Å². The van der Waals surface area contributed by atoms with E-state index in [9.17, 15) is 4.79 Å². The average molecular weight is 456 g/mol. The molecule has 5 rings (SSSR count). The second-order valence-electron chi connectivity index (χ2n) is 9.75. The van der Waals surface area contributed by atoms with Crippen LogP contribution in [0.4, 0.5) is 0 Å². The Labute approximate surface area is 207 Å². The minimum atomic E-state index is -0.440. The first-order chi connectivity index (χ1) is 17.0. The highest BCUT2D eigenvalue weighted by molar-refractivity contribution is 6.00. The number of benzene rings is 4. The van der Waals surface area contributed by atoms with Crippen molar-refractivity contribution in [1.29, 1.82) is 0 Å². The fourth-order valence-electron chi connectivity index (χ4n) is 4.84. The minimum Gasteiger partial charge on any atom is -0.302 e. The van der Waals surface area contributed by atoms with Crippen LogP contribution in [-0.4, -0.2) is 4.57 Å². The van der Waals surface area contributed by atoms with E-state index in [0.717, 1.165) is 44.6 Å². The molecule has 0 radical (unpaired) electrons. The Morgan fingerprint density at radius 2 is 0.800 bits per heavy atom. The van der Waals surface area contributed by atoms with Crippen LogP contribution in [0.3, 0.4) is 0 Å². The maximum Gasteiger partial charge on any atom is 0.260 e. The molecular weight excluding hydrogens is 426 g/mol. The lowest BCUT2D eigenvalue weighted by molar-refractivity contribution is 0.390. The van der Waals surface area contributed by atoms with Crippen LogP contribution >= 0.6 is 0 Å². The fourth-order valence-corrected chi connectivity index (χ4v) is 4.84. The standard InChI is InChI=1S/C33H29NO/c1-33(2,3)34-31(27-22-14-7-15-23-27)29(25-18-10-5-11-19-25)28(24-16-8-4-9-17-24)30(32(34)35)26-20-12-6-13-21-26/h4-23H,1-3H3. The predicted molar refractivity (Wildman–Crippen MR) is 147 cm³/mol. The number of hydrogen-bond donors (Lipinski definition) is 0. The van der Waals surface area contributed by atoms with Crippen molar-refractivity contribution in [3.63, 3.8) is 0 Å². The van der Waals surface area contributed by atoms with Gasteiger partial charge in [0.2, 0.25) is 0 Å². The van der Waals surface area contributed by atoms with Gasteiger partial charge < -0.3 is 4.57 Å². The summed E-state index contributed by atoms with van der Waals surface area (Å²) in [6, 6.07) is 41.1. The first kappa shape index (κ1) is 22.6. The summed E-state index contributed by atoms with van der Waals surface area (Å²) in [5.74, 6) is 0. The van der Waals surface area contributed by atoms with Crippen LogP contribution in [0.15, 0.2) is 126 Å². The van der Waals surface area contributed by atoms with E-state index in [-0.39, 0.29) is 5.56 Å². The lowest BCUT2D eigenvalue weighted by atomic mass is 9.84. The van der Waals surface area contributed by atoms with Gasteiger partial charge in [-0.05, 0) is 43.0 Å². The third kappa shape index (κ3) is 4.24. The highest BCUT2D eigenvalue weighted by Gasteiger charge is 2.30. The molecule has 0 unspecified atom stereocenters. The number of hydrogen-bond acceptors (Lipinski definition) is 1. The van der Waals surface area contributed by atoms with Gasteiger partial charge in [0, 0.05) is 16.7 Å². The Balaban J connectivity index is 2.09. The van der Waals surface area contributed by atoms with E-state index in [1.807, 2.05) is 77.4 Å². The molecule has 0 atom stereocenters. The Morgan fingerprint density at radius 1 is 0.457 bits per heavy atom. The number of pyridine rings is 1. The summed E-state index contributed by atoms with van der Waals surface area (Å²) >= 11 is 0. The largest absolute Gasteiger partial charge is 0.302 e. The summed E-state index contributed by atoms with van der Waals surface area (Å²) in [6.07, 6.45) is 0. The summed E-state index contributed by atoms with van der Waals surface area (Å²) in [5.41, 5.74) is 7.33. The first-order valence-corrected chi connectivity index (χ1v) is 12.0. The second kappa shape index (κ2) is 9.23. The van der Waals surface area contributed by atoms with Gasteiger partial charge in [0.15, 0.2) is 0 Å². The van der Waals surface area contributed by atoms with Gasteiger partial charge in [-0.2, -0.15) is 0 Å². The van der Waals surface area contributed by atoms with Gasteiger partial charge >= 0.3 is 0 Å². The topological polar surface area (TPSA) is 22.0 Å². The van der Waals surface area contributed by atoms with Crippen LogP contribution in [0.5, 0.6) is 0 Å². The number of aromatic nitrogens is 1. The third-order valence-corrected chi connectivity index (χ3v) is 6.28. The maximum absolute atomic E-state index is 14.6. The Bertz CT molecular complexity index is 1490. The van der Waals surface area contributed by atoms with Crippen LogP contribution in [0.2, 0.25) is 0 Å². The van der Waals surface area contributed by atoms with Gasteiger partial charge in [-0.25, -0.2) is 0 Å². The van der Waals surface area contributed by atoms with Crippen LogP contribution in [-0.2, 0) is 5.54 Å². The highest BCUT2D eigenvalue weighted by atomic mass is 16.1. The Kier molecular flexibility index (Phi) is 5.96. The summed E-state index contributed by atoms with van der Waals surface area (Å²) in [6.45, 7) is 6.31. The van der Waals surface area contributed by atoms with Gasteiger partial charge in [-0.3, -0.25) is 4.79 Å². The summed E-state index contributed by atoms with van der Waals surface area (Å²) in [4.78, 5) is 14.6. The molecule has 0 N–H and O–H groups in total. The van der Waals surface area contributed by atoms with Gasteiger partial charge in [0.05, 0.1) is 11.3 Å². The lowest BCUT2D eigenvalue weighted by Gasteiger charge is -2.31. The van der Waals surface area contributed by atoms with E-state index in [4.69, 9.17) is 0 Å². The molecule has 0 saturated heterocycles. The fraction of sp³-hybridized carbons (Fsp3) is 0.121. The van der Waals surface area contributed by atoms with E-state index in [1.54, 1.807) is 0 Å². The molecule has 1 aromatic heterocycles. The molecule has 5 aromatic rings. The predicted octanol–water partition coefficient (Wildman–Crippen LogP) is 8.27. The molecule has 172 valence electrons.